The predicted molar refractivity (Wildman–Crippen MR) is 113 cm³/mol. The van der Waals surface area contributed by atoms with Crippen LogP contribution in [0.5, 0.6) is 0 Å². The normalized spacial score (nSPS) is 17.3. The molecule has 0 radical (unpaired) electrons. The summed E-state index contributed by atoms with van der Waals surface area (Å²) in [7, 11) is -3.47. The molecule has 0 saturated carbocycles. The van der Waals surface area contributed by atoms with Gasteiger partial charge in [0, 0.05) is 5.38 Å². The highest BCUT2D eigenvalue weighted by atomic mass is 32.2. The number of hydrogen-bond donors (Lipinski definition) is 4. The fourth-order valence-electron chi connectivity index (χ4n) is 2.80. The lowest BCUT2D eigenvalue weighted by molar-refractivity contribution is -0.141. The number of nitrogens with two attached hydrogens (primary N) is 1. The van der Waals surface area contributed by atoms with E-state index in [2.05, 4.69) is 20.8 Å². The van der Waals surface area contributed by atoms with Crippen molar-refractivity contribution in [2.24, 2.45) is 5.16 Å². The number of β-lactam (4-membered cyclic amide) rings is 1. The van der Waals surface area contributed by atoms with Crippen LogP contribution in [0.4, 0.5) is 5.13 Å². The summed E-state index contributed by atoms with van der Waals surface area (Å²) in [6.07, 6.45) is 0. The molecule has 170 valence electrons. The summed E-state index contributed by atoms with van der Waals surface area (Å²) >= 11 is 1.08. The van der Waals surface area contributed by atoms with Gasteiger partial charge in [-0.15, -0.1) is 11.3 Å². The number of nitrogens with zero attached hydrogens (tertiary/aromatic N) is 3. The van der Waals surface area contributed by atoms with E-state index in [4.69, 9.17) is 15.1 Å². The second-order valence-electron chi connectivity index (χ2n) is 6.42. The van der Waals surface area contributed by atoms with Crippen molar-refractivity contribution in [2.45, 2.75) is 12.1 Å². The average molecular weight is 483 g/mol. The highest BCUT2D eigenvalue weighted by molar-refractivity contribution is 7.84. The van der Waals surface area contributed by atoms with Crippen LogP contribution in [-0.2, 0) is 29.5 Å². The van der Waals surface area contributed by atoms with E-state index in [1.165, 1.54) is 12.5 Å². The summed E-state index contributed by atoms with van der Waals surface area (Å²) in [5, 5.41) is 10.2. The molecule has 5 N–H and O–H groups in total. The molecule has 3 rings (SSSR count). The summed E-state index contributed by atoms with van der Waals surface area (Å²) in [6.45, 7) is -0.437. The lowest BCUT2D eigenvalue weighted by atomic mass is 10.0. The molecule has 1 fully saturated rings. The fourth-order valence-corrected chi connectivity index (χ4v) is 4.04. The first kappa shape index (κ1) is 23.1. The summed E-state index contributed by atoms with van der Waals surface area (Å²) in [4.78, 5) is 46.4. The molecule has 0 aliphatic carbocycles. The number of carbonyl (C=O) groups excluding carboxylic acids is 3. The van der Waals surface area contributed by atoms with Crippen molar-refractivity contribution in [3.8, 4) is 0 Å². The van der Waals surface area contributed by atoms with E-state index in [1.807, 2.05) is 0 Å². The molecule has 3 amide bonds. The van der Waals surface area contributed by atoms with E-state index in [-0.39, 0.29) is 20.8 Å². The number of carbonyl (C=O) groups is 3. The van der Waals surface area contributed by atoms with Crippen LogP contribution in [0.2, 0.25) is 0 Å². The quantitative estimate of drug-likeness (QED) is 0.159. The van der Waals surface area contributed by atoms with Gasteiger partial charge in [-0.3, -0.25) is 18.9 Å². The molecular formula is C17H18N6O7S2. The van der Waals surface area contributed by atoms with Gasteiger partial charge < -0.3 is 21.2 Å². The maximum absolute atomic E-state index is 12.9. The molecule has 1 saturated heterocycles. The Morgan fingerprint density at radius 3 is 2.59 bits per heavy atom. The van der Waals surface area contributed by atoms with Crippen molar-refractivity contribution >= 4 is 50.2 Å². The molecule has 32 heavy (non-hydrogen) atoms. The van der Waals surface area contributed by atoms with Crippen molar-refractivity contribution in [1.82, 2.24) is 19.9 Å². The van der Waals surface area contributed by atoms with Crippen molar-refractivity contribution < 1.29 is 32.2 Å². The number of amides is 3. The Kier molecular flexibility index (Phi) is 6.71. The molecule has 2 atom stereocenters. The smallest absolute Gasteiger partial charge is 0.362 e. The Labute approximate surface area is 186 Å². The summed E-state index contributed by atoms with van der Waals surface area (Å²) in [5.74, 6) is -2.59. The van der Waals surface area contributed by atoms with Gasteiger partial charge in [-0.1, -0.05) is 35.5 Å². The summed E-state index contributed by atoms with van der Waals surface area (Å²) in [5.41, 5.74) is 5.89. The fraction of sp³-hybridized carbons (Fsp3) is 0.235. The molecule has 1 aliphatic rings. The van der Waals surface area contributed by atoms with E-state index in [0.29, 0.717) is 5.56 Å². The minimum Gasteiger partial charge on any atom is -0.398 e. The van der Waals surface area contributed by atoms with Gasteiger partial charge in [-0.25, -0.2) is 9.29 Å². The first-order chi connectivity index (χ1) is 15.1. The van der Waals surface area contributed by atoms with Gasteiger partial charge >= 0.3 is 10.3 Å². The van der Waals surface area contributed by atoms with Crippen LogP contribution >= 0.6 is 11.3 Å². The number of aromatic nitrogens is 1. The second-order valence-corrected chi connectivity index (χ2v) is 8.65. The van der Waals surface area contributed by atoms with Crippen LogP contribution in [0, 0.1) is 0 Å². The molecule has 2 unspecified atom stereocenters. The van der Waals surface area contributed by atoms with Gasteiger partial charge in [0.15, 0.2) is 10.8 Å². The summed E-state index contributed by atoms with van der Waals surface area (Å²) in [6, 6.07) is 5.68. The van der Waals surface area contributed by atoms with E-state index < -0.39 is 46.7 Å². The molecule has 2 heterocycles. The number of anilines is 1. The molecule has 15 heteroatoms. The number of hydrogen-bond acceptors (Lipinski definition) is 10. The topological polar surface area (TPSA) is 193 Å². The Morgan fingerprint density at radius 2 is 2.06 bits per heavy atom. The highest BCUT2D eigenvalue weighted by Gasteiger charge is 2.45. The Hall–Kier alpha value is -3.56. The lowest BCUT2D eigenvalue weighted by Gasteiger charge is -2.36. The first-order valence-corrected chi connectivity index (χ1v) is 11.2. The number of nitrogens with one attached hydrogen (secondary N) is 2. The molecule has 13 nitrogen and oxygen atoms in total. The zero-order valence-corrected chi connectivity index (χ0v) is 18.1. The first-order valence-electron chi connectivity index (χ1n) is 8.89. The minimum atomic E-state index is -4.70. The molecule has 1 aliphatic heterocycles. The van der Waals surface area contributed by atoms with Gasteiger partial charge in [0.2, 0.25) is 5.91 Å². The number of thiazole rings is 1. The molecular weight excluding hydrogens is 464 g/mol. The maximum Gasteiger partial charge on any atom is 0.362 e. The van der Waals surface area contributed by atoms with E-state index in [9.17, 15) is 22.8 Å². The summed E-state index contributed by atoms with van der Waals surface area (Å²) < 4.78 is 31.3. The van der Waals surface area contributed by atoms with Crippen LogP contribution in [0.1, 0.15) is 17.3 Å². The Balaban J connectivity index is 1.81. The van der Waals surface area contributed by atoms with Crippen molar-refractivity contribution in [3.63, 3.8) is 0 Å². The predicted octanol–water partition coefficient (Wildman–Crippen LogP) is -0.937. The standard InChI is InChI=1S/C17H18N6O7S2/c1-30-22-13(11-8-31-17(18)20-11)15(25)21-12(9-5-3-2-4-6-9)14(24)19-10-7-23(16(10)26)32(27,28)29/h2-6,8,10,12H,7H2,1H3,(H2,18,20)(H,19,24)(H,21,25)(H,27,28,29). The van der Waals surface area contributed by atoms with Crippen LogP contribution in [0.25, 0.3) is 0 Å². The van der Waals surface area contributed by atoms with Crippen LogP contribution < -0.4 is 16.4 Å². The average Bonchev–Trinajstić information content (AvgIpc) is 3.17. The van der Waals surface area contributed by atoms with Crippen molar-refractivity contribution in [1.29, 1.82) is 0 Å². The molecule has 0 bridgehead atoms. The maximum atomic E-state index is 12.9. The van der Waals surface area contributed by atoms with Crippen LogP contribution in [0.3, 0.4) is 0 Å². The molecule has 0 spiro atoms. The van der Waals surface area contributed by atoms with Gasteiger partial charge in [-0.05, 0) is 5.56 Å². The largest absolute Gasteiger partial charge is 0.398 e. The highest BCUT2D eigenvalue weighted by Crippen LogP contribution is 2.19. The van der Waals surface area contributed by atoms with Crippen molar-refractivity contribution in [3.05, 3.63) is 47.0 Å². The van der Waals surface area contributed by atoms with E-state index >= 15 is 0 Å². The Morgan fingerprint density at radius 1 is 1.38 bits per heavy atom. The molecule has 1 aromatic heterocycles. The van der Waals surface area contributed by atoms with Gasteiger partial charge in [0.25, 0.3) is 11.8 Å². The van der Waals surface area contributed by atoms with Gasteiger partial charge in [0.1, 0.15) is 24.9 Å². The third-order valence-corrected chi connectivity index (χ3v) is 5.88. The number of benzene rings is 1. The van der Waals surface area contributed by atoms with Crippen molar-refractivity contribution in [2.75, 3.05) is 19.4 Å². The second kappa shape index (κ2) is 9.29. The lowest BCUT2D eigenvalue weighted by Crippen LogP contribution is -2.66. The molecule has 2 aromatic rings. The van der Waals surface area contributed by atoms with Gasteiger partial charge in [-0.2, -0.15) is 8.42 Å². The SMILES string of the molecule is CON=C(C(=O)NC(C(=O)NC1CN(S(=O)(=O)O)C1=O)c1ccccc1)c1csc(N)n1. The zero-order chi connectivity index (χ0) is 23.5. The van der Waals surface area contributed by atoms with Crippen LogP contribution in [0.15, 0.2) is 40.9 Å². The third-order valence-electron chi connectivity index (χ3n) is 4.32. The third kappa shape index (κ3) is 5.01. The molecule has 1 aromatic carbocycles. The number of nitrogen functional groups attached to an aromatic ring is 1. The monoisotopic (exact) mass is 482 g/mol. The number of rotatable bonds is 8. The van der Waals surface area contributed by atoms with Gasteiger partial charge in [0.05, 0.1) is 6.54 Å². The van der Waals surface area contributed by atoms with Crippen LogP contribution in [-0.4, -0.2) is 65.4 Å². The Bertz CT molecular complexity index is 1170. The van der Waals surface area contributed by atoms with E-state index in [1.54, 1.807) is 30.3 Å². The minimum absolute atomic E-state index is 0.136. The number of oxime groups is 1. The van der Waals surface area contributed by atoms with E-state index in [0.717, 1.165) is 11.3 Å². The zero-order valence-electron chi connectivity index (χ0n) is 16.5.